The third-order valence-electron chi connectivity index (χ3n) is 7.64. The molecule has 1 amide bonds. The van der Waals surface area contributed by atoms with Crippen LogP contribution in [0.25, 0.3) is 22.5 Å². The standard InChI is InChI=1S/C30H40N6O3/c1-5-6-7-27(37)36(28(20(2)3)30(38)39)19-22-8-10-23(11-9-22)26-18-24(35-16-14-21(4)15-17-35)12-13-25(26)29-31-33-34-32-29/h8-13,18,20-21,28H,5-7,14-17,19H2,1-4H3,(H,38,39)(H,31,32,33,34)/t28-/m0/s1. The molecule has 9 heteroatoms. The maximum atomic E-state index is 13.1. The number of amides is 1. The maximum absolute atomic E-state index is 13.1. The number of anilines is 1. The number of carbonyl (C=O) groups is 2. The summed E-state index contributed by atoms with van der Waals surface area (Å²) in [5.74, 6) is -0.0194. The number of nitrogens with one attached hydrogen (secondary N) is 1. The molecule has 0 radical (unpaired) electrons. The van der Waals surface area contributed by atoms with Gasteiger partial charge in [-0.25, -0.2) is 4.79 Å². The number of hydrogen-bond donors (Lipinski definition) is 2. The minimum Gasteiger partial charge on any atom is -0.480 e. The highest BCUT2D eigenvalue weighted by molar-refractivity contribution is 5.85. The number of nitrogens with zero attached hydrogens (tertiary/aromatic N) is 5. The molecule has 0 bridgehead atoms. The first-order chi connectivity index (χ1) is 18.8. The van der Waals surface area contributed by atoms with Gasteiger partial charge in [0.2, 0.25) is 11.7 Å². The molecule has 208 valence electrons. The molecule has 3 aromatic rings. The summed E-state index contributed by atoms with van der Waals surface area (Å²) in [5.41, 5.74) is 4.93. The van der Waals surface area contributed by atoms with Crippen LogP contribution >= 0.6 is 0 Å². The molecule has 9 nitrogen and oxygen atoms in total. The van der Waals surface area contributed by atoms with Crippen molar-refractivity contribution < 1.29 is 14.7 Å². The molecule has 1 aliphatic heterocycles. The lowest BCUT2D eigenvalue weighted by Gasteiger charge is -2.32. The van der Waals surface area contributed by atoms with Crippen LogP contribution in [0.4, 0.5) is 5.69 Å². The molecule has 39 heavy (non-hydrogen) atoms. The van der Waals surface area contributed by atoms with Gasteiger partial charge in [0, 0.05) is 37.3 Å². The largest absolute Gasteiger partial charge is 0.480 e. The summed E-state index contributed by atoms with van der Waals surface area (Å²) in [7, 11) is 0. The predicted molar refractivity (Wildman–Crippen MR) is 152 cm³/mol. The van der Waals surface area contributed by atoms with Crippen LogP contribution in [0.2, 0.25) is 0 Å². The fourth-order valence-electron chi connectivity index (χ4n) is 5.28. The van der Waals surface area contributed by atoms with Gasteiger partial charge < -0.3 is 14.9 Å². The number of aromatic nitrogens is 4. The number of tetrazole rings is 1. The fraction of sp³-hybridized carbons (Fsp3) is 0.500. The molecule has 1 aliphatic rings. The van der Waals surface area contributed by atoms with Crippen LogP contribution in [0.15, 0.2) is 42.5 Å². The van der Waals surface area contributed by atoms with E-state index in [0.717, 1.165) is 54.1 Å². The van der Waals surface area contributed by atoms with E-state index in [1.807, 2.05) is 45.0 Å². The quantitative estimate of drug-likeness (QED) is 0.340. The van der Waals surface area contributed by atoms with E-state index in [2.05, 4.69) is 50.6 Å². The van der Waals surface area contributed by atoms with Crippen molar-refractivity contribution >= 4 is 17.6 Å². The highest BCUT2D eigenvalue weighted by Gasteiger charge is 2.32. The number of carbonyl (C=O) groups excluding carboxylic acids is 1. The molecule has 2 heterocycles. The van der Waals surface area contributed by atoms with Crippen molar-refractivity contribution in [2.24, 2.45) is 11.8 Å². The monoisotopic (exact) mass is 532 g/mol. The van der Waals surface area contributed by atoms with Crippen LogP contribution in [-0.2, 0) is 16.1 Å². The molecule has 0 saturated carbocycles. The zero-order valence-corrected chi connectivity index (χ0v) is 23.4. The lowest BCUT2D eigenvalue weighted by atomic mass is 9.95. The summed E-state index contributed by atoms with van der Waals surface area (Å²) >= 11 is 0. The van der Waals surface area contributed by atoms with Crippen molar-refractivity contribution in [1.82, 2.24) is 25.5 Å². The number of rotatable bonds is 11. The highest BCUT2D eigenvalue weighted by atomic mass is 16.4. The highest BCUT2D eigenvalue weighted by Crippen LogP contribution is 2.35. The van der Waals surface area contributed by atoms with Crippen LogP contribution in [0.3, 0.4) is 0 Å². The van der Waals surface area contributed by atoms with Gasteiger partial charge in [0.05, 0.1) is 0 Å². The number of piperidine rings is 1. The number of aromatic amines is 1. The summed E-state index contributed by atoms with van der Waals surface area (Å²) in [4.78, 5) is 29.1. The van der Waals surface area contributed by atoms with Gasteiger partial charge in [-0.3, -0.25) is 4.79 Å². The Bertz CT molecular complexity index is 1230. The molecule has 2 aromatic carbocycles. The van der Waals surface area contributed by atoms with Gasteiger partial charge in [-0.15, -0.1) is 10.2 Å². The molecule has 1 atom stereocenters. The summed E-state index contributed by atoms with van der Waals surface area (Å²) < 4.78 is 0. The maximum Gasteiger partial charge on any atom is 0.326 e. The number of aliphatic carboxylic acids is 1. The molecular formula is C30H40N6O3. The lowest BCUT2D eigenvalue weighted by molar-refractivity contribution is -0.153. The van der Waals surface area contributed by atoms with Crippen molar-refractivity contribution in [2.75, 3.05) is 18.0 Å². The predicted octanol–water partition coefficient (Wildman–Crippen LogP) is 5.40. The van der Waals surface area contributed by atoms with Crippen LogP contribution in [-0.4, -0.2) is 61.6 Å². The molecule has 1 saturated heterocycles. The first kappa shape index (κ1) is 28.3. The topological polar surface area (TPSA) is 115 Å². The number of unbranched alkanes of at least 4 members (excludes halogenated alkanes) is 1. The molecule has 4 rings (SSSR count). The van der Waals surface area contributed by atoms with Crippen molar-refractivity contribution in [2.45, 2.75) is 72.4 Å². The molecule has 0 spiro atoms. The lowest BCUT2D eigenvalue weighted by Crippen LogP contribution is -2.47. The average molecular weight is 533 g/mol. The van der Waals surface area contributed by atoms with E-state index in [-0.39, 0.29) is 18.4 Å². The summed E-state index contributed by atoms with van der Waals surface area (Å²) in [6.45, 7) is 10.3. The van der Waals surface area contributed by atoms with E-state index in [1.165, 1.54) is 23.4 Å². The first-order valence-corrected chi connectivity index (χ1v) is 14.0. The first-order valence-electron chi connectivity index (χ1n) is 14.0. The molecule has 0 unspecified atom stereocenters. The Balaban J connectivity index is 1.64. The van der Waals surface area contributed by atoms with Gasteiger partial charge in [-0.2, -0.15) is 5.21 Å². The summed E-state index contributed by atoms with van der Waals surface area (Å²) in [6.07, 6.45) is 4.33. The Morgan fingerprint density at radius 1 is 1.10 bits per heavy atom. The second kappa shape index (κ2) is 12.9. The van der Waals surface area contributed by atoms with E-state index in [9.17, 15) is 14.7 Å². The van der Waals surface area contributed by atoms with Crippen molar-refractivity contribution in [3.05, 3.63) is 48.0 Å². The van der Waals surface area contributed by atoms with E-state index in [0.29, 0.717) is 12.2 Å². The Labute approximate surface area is 230 Å². The van der Waals surface area contributed by atoms with Crippen molar-refractivity contribution in [1.29, 1.82) is 0 Å². The number of carboxylic acids is 1. The summed E-state index contributed by atoms with van der Waals surface area (Å²) in [5, 5.41) is 24.6. The second-order valence-electron chi connectivity index (χ2n) is 11.0. The Morgan fingerprint density at radius 3 is 2.41 bits per heavy atom. The van der Waals surface area contributed by atoms with E-state index in [1.54, 1.807) is 0 Å². The zero-order chi connectivity index (χ0) is 27.9. The second-order valence-corrected chi connectivity index (χ2v) is 11.0. The normalized spacial score (nSPS) is 14.9. The minimum atomic E-state index is -0.972. The zero-order valence-electron chi connectivity index (χ0n) is 23.4. The molecule has 2 N–H and O–H groups in total. The van der Waals surface area contributed by atoms with Crippen LogP contribution in [0.5, 0.6) is 0 Å². The fourth-order valence-corrected chi connectivity index (χ4v) is 5.28. The third kappa shape index (κ3) is 6.82. The van der Waals surface area contributed by atoms with Gasteiger partial charge in [-0.1, -0.05) is 58.4 Å². The minimum absolute atomic E-state index is 0.120. The van der Waals surface area contributed by atoms with Crippen molar-refractivity contribution in [3.63, 3.8) is 0 Å². The van der Waals surface area contributed by atoms with Crippen LogP contribution < -0.4 is 4.90 Å². The molecule has 1 aromatic heterocycles. The van der Waals surface area contributed by atoms with E-state index < -0.39 is 12.0 Å². The molecule has 0 aliphatic carbocycles. The van der Waals surface area contributed by atoms with Gasteiger partial charge in [0.1, 0.15) is 6.04 Å². The SMILES string of the molecule is CCCCC(=O)N(Cc1ccc(-c2cc(N3CCC(C)CC3)ccc2-c2nn[nH]n2)cc1)[C@H](C(=O)O)C(C)C. The molecule has 1 fully saturated rings. The van der Waals surface area contributed by atoms with Gasteiger partial charge in [0.15, 0.2) is 0 Å². The van der Waals surface area contributed by atoms with Crippen molar-refractivity contribution in [3.8, 4) is 22.5 Å². The Morgan fingerprint density at radius 2 is 1.82 bits per heavy atom. The molecular weight excluding hydrogens is 492 g/mol. The van der Waals surface area contributed by atoms with E-state index >= 15 is 0 Å². The summed E-state index contributed by atoms with van der Waals surface area (Å²) in [6, 6.07) is 13.5. The average Bonchev–Trinajstić information content (AvgIpc) is 3.46. The van der Waals surface area contributed by atoms with Gasteiger partial charge in [0.25, 0.3) is 0 Å². The van der Waals surface area contributed by atoms with Crippen LogP contribution in [0, 0.1) is 11.8 Å². The number of H-pyrrole nitrogens is 1. The van der Waals surface area contributed by atoms with Crippen LogP contribution in [0.1, 0.15) is 65.4 Å². The smallest absolute Gasteiger partial charge is 0.326 e. The number of carboxylic acid groups (broad SMARTS) is 1. The Hall–Kier alpha value is -3.75. The third-order valence-corrected chi connectivity index (χ3v) is 7.64. The Kier molecular flexibility index (Phi) is 9.32. The number of hydrogen-bond acceptors (Lipinski definition) is 6. The van der Waals surface area contributed by atoms with E-state index in [4.69, 9.17) is 0 Å². The number of benzene rings is 2. The van der Waals surface area contributed by atoms with Gasteiger partial charge in [-0.05, 0) is 71.2 Å². The van der Waals surface area contributed by atoms with Gasteiger partial charge >= 0.3 is 5.97 Å².